The molecule has 0 aromatic heterocycles. The molecular weight excluding hydrogens is 242 g/mol. The molecule has 2 N–H and O–H groups in total. The molecule has 2 amide bonds. The quantitative estimate of drug-likeness (QED) is 0.864. The third-order valence-corrected chi connectivity index (χ3v) is 3.50. The number of carbonyl (C=O) groups excluding carboxylic acids is 2. The van der Waals surface area contributed by atoms with Gasteiger partial charge in [0.05, 0.1) is 0 Å². The van der Waals surface area contributed by atoms with Crippen molar-refractivity contribution < 1.29 is 9.59 Å². The first kappa shape index (κ1) is 13.5. The number of rotatable bonds is 3. The zero-order chi connectivity index (χ0) is 13.8. The topological polar surface area (TPSA) is 66.6 Å². The first-order valence-corrected chi connectivity index (χ1v) is 6.53. The van der Waals surface area contributed by atoms with Crippen molar-refractivity contribution >= 4 is 11.8 Å². The minimum atomic E-state index is -0.509. The van der Waals surface area contributed by atoms with Crippen molar-refractivity contribution in [3.8, 4) is 0 Å². The van der Waals surface area contributed by atoms with Gasteiger partial charge in [0, 0.05) is 37.3 Å². The predicted molar refractivity (Wildman–Crippen MR) is 73.0 cm³/mol. The van der Waals surface area contributed by atoms with Crippen molar-refractivity contribution in [2.24, 2.45) is 5.73 Å². The zero-order valence-corrected chi connectivity index (χ0v) is 11.1. The Labute approximate surface area is 113 Å². The molecule has 1 heterocycles. The lowest BCUT2D eigenvalue weighted by Crippen LogP contribution is -2.48. The molecule has 5 heteroatoms. The van der Waals surface area contributed by atoms with Gasteiger partial charge in [0.1, 0.15) is 0 Å². The molecule has 2 rings (SSSR count). The van der Waals surface area contributed by atoms with Crippen LogP contribution in [0.2, 0.25) is 0 Å². The zero-order valence-electron chi connectivity index (χ0n) is 11.1. The van der Waals surface area contributed by atoms with Crippen LogP contribution in [0.15, 0.2) is 24.3 Å². The minimum Gasteiger partial charge on any atom is -0.366 e. The SMILES string of the molecule is CCN1CCN(C(=O)c2cccc(C(N)=O)c2)CC1. The smallest absolute Gasteiger partial charge is 0.253 e. The summed E-state index contributed by atoms with van der Waals surface area (Å²) >= 11 is 0. The number of piperazine rings is 1. The van der Waals surface area contributed by atoms with Crippen molar-refractivity contribution in [2.45, 2.75) is 6.92 Å². The Morgan fingerprint density at radius 1 is 1.16 bits per heavy atom. The van der Waals surface area contributed by atoms with Crippen LogP contribution in [0.5, 0.6) is 0 Å². The summed E-state index contributed by atoms with van der Waals surface area (Å²) in [6.45, 7) is 6.39. The van der Waals surface area contributed by atoms with Crippen molar-refractivity contribution in [1.29, 1.82) is 0 Å². The van der Waals surface area contributed by atoms with Crippen LogP contribution in [0.3, 0.4) is 0 Å². The summed E-state index contributed by atoms with van der Waals surface area (Å²) in [6, 6.07) is 6.60. The van der Waals surface area contributed by atoms with Crippen molar-refractivity contribution in [3.05, 3.63) is 35.4 Å². The monoisotopic (exact) mass is 261 g/mol. The van der Waals surface area contributed by atoms with Gasteiger partial charge in [0.15, 0.2) is 0 Å². The highest BCUT2D eigenvalue weighted by molar-refractivity contribution is 5.99. The number of amides is 2. The molecule has 1 aromatic rings. The van der Waals surface area contributed by atoms with Gasteiger partial charge in [-0.25, -0.2) is 0 Å². The molecule has 0 saturated carbocycles. The molecule has 1 aliphatic heterocycles. The lowest BCUT2D eigenvalue weighted by molar-refractivity contribution is 0.0643. The number of carbonyl (C=O) groups is 2. The molecule has 5 nitrogen and oxygen atoms in total. The number of nitrogens with zero attached hydrogens (tertiary/aromatic N) is 2. The Hall–Kier alpha value is -1.88. The Morgan fingerprint density at radius 2 is 1.79 bits per heavy atom. The fourth-order valence-corrected chi connectivity index (χ4v) is 2.26. The van der Waals surface area contributed by atoms with E-state index in [-0.39, 0.29) is 5.91 Å². The van der Waals surface area contributed by atoms with E-state index in [9.17, 15) is 9.59 Å². The third-order valence-electron chi connectivity index (χ3n) is 3.50. The molecule has 1 aromatic carbocycles. The van der Waals surface area contributed by atoms with Crippen molar-refractivity contribution in [3.63, 3.8) is 0 Å². The Morgan fingerprint density at radius 3 is 2.37 bits per heavy atom. The Bertz CT molecular complexity index is 479. The van der Waals surface area contributed by atoms with Gasteiger partial charge in [-0.2, -0.15) is 0 Å². The van der Waals surface area contributed by atoms with Gasteiger partial charge in [0.25, 0.3) is 5.91 Å². The first-order valence-electron chi connectivity index (χ1n) is 6.53. The maximum atomic E-state index is 12.3. The Balaban J connectivity index is 2.08. The molecule has 0 aliphatic carbocycles. The number of likely N-dealkylation sites (N-methyl/N-ethyl adjacent to an activating group) is 1. The number of nitrogens with two attached hydrogens (primary N) is 1. The van der Waals surface area contributed by atoms with Crippen LogP contribution in [0.25, 0.3) is 0 Å². The van der Waals surface area contributed by atoms with Crippen LogP contribution >= 0.6 is 0 Å². The number of benzene rings is 1. The minimum absolute atomic E-state index is 0.0288. The second-order valence-corrected chi connectivity index (χ2v) is 4.67. The standard InChI is InChI=1S/C14H19N3O2/c1-2-16-6-8-17(9-7-16)14(19)12-5-3-4-11(10-12)13(15)18/h3-5,10H,2,6-9H2,1H3,(H2,15,18). The second-order valence-electron chi connectivity index (χ2n) is 4.67. The fraction of sp³-hybridized carbons (Fsp3) is 0.429. The molecule has 0 unspecified atom stereocenters. The molecule has 1 fully saturated rings. The van der Waals surface area contributed by atoms with E-state index < -0.39 is 5.91 Å². The normalized spacial score (nSPS) is 16.4. The lowest BCUT2D eigenvalue weighted by atomic mass is 10.1. The molecule has 1 aliphatic rings. The van der Waals surface area contributed by atoms with Crippen LogP contribution < -0.4 is 5.73 Å². The van der Waals surface area contributed by atoms with Gasteiger partial charge in [-0.3, -0.25) is 9.59 Å². The fourth-order valence-electron chi connectivity index (χ4n) is 2.26. The average molecular weight is 261 g/mol. The van der Waals surface area contributed by atoms with E-state index in [0.29, 0.717) is 11.1 Å². The third kappa shape index (κ3) is 3.12. The Kier molecular flexibility index (Phi) is 4.16. The van der Waals surface area contributed by atoms with Crippen LogP contribution in [0, 0.1) is 0 Å². The van der Waals surface area contributed by atoms with Gasteiger partial charge in [0.2, 0.25) is 5.91 Å². The van der Waals surface area contributed by atoms with Crippen LogP contribution in [0.4, 0.5) is 0 Å². The van der Waals surface area contributed by atoms with Gasteiger partial charge in [-0.15, -0.1) is 0 Å². The highest BCUT2D eigenvalue weighted by Gasteiger charge is 2.21. The van der Waals surface area contributed by atoms with E-state index in [1.54, 1.807) is 24.3 Å². The summed E-state index contributed by atoms with van der Waals surface area (Å²) in [7, 11) is 0. The number of hydrogen-bond acceptors (Lipinski definition) is 3. The maximum Gasteiger partial charge on any atom is 0.253 e. The van der Waals surface area contributed by atoms with E-state index >= 15 is 0 Å². The van der Waals surface area contributed by atoms with E-state index in [1.165, 1.54) is 0 Å². The maximum absolute atomic E-state index is 12.3. The summed E-state index contributed by atoms with van der Waals surface area (Å²) in [5.41, 5.74) is 6.13. The average Bonchev–Trinajstić information content (AvgIpc) is 2.46. The van der Waals surface area contributed by atoms with Crippen molar-refractivity contribution in [2.75, 3.05) is 32.7 Å². The van der Waals surface area contributed by atoms with Gasteiger partial charge in [-0.1, -0.05) is 13.0 Å². The lowest BCUT2D eigenvalue weighted by Gasteiger charge is -2.34. The summed E-state index contributed by atoms with van der Waals surface area (Å²) in [4.78, 5) is 27.6. The van der Waals surface area contributed by atoms with E-state index in [0.717, 1.165) is 32.7 Å². The molecule has 1 saturated heterocycles. The highest BCUT2D eigenvalue weighted by Crippen LogP contribution is 2.10. The van der Waals surface area contributed by atoms with E-state index in [4.69, 9.17) is 5.73 Å². The van der Waals surface area contributed by atoms with Crippen LogP contribution in [0.1, 0.15) is 27.6 Å². The first-order chi connectivity index (χ1) is 9.11. The summed E-state index contributed by atoms with van der Waals surface area (Å²) < 4.78 is 0. The largest absolute Gasteiger partial charge is 0.366 e. The number of primary amides is 1. The summed E-state index contributed by atoms with van der Waals surface area (Å²) in [6.07, 6.45) is 0. The second kappa shape index (κ2) is 5.84. The molecule has 0 bridgehead atoms. The van der Waals surface area contributed by atoms with Gasteiger partial charge >= 0.3 is 0 Å². The van der Waals surface area contributed by atoms with E-state index in [1.807, 2.05) is 4.90 Å². The predicted octanol–water partition coefficient (Wildman–Crippen LogP) is 0.563. The molecule has 0 atom stereocenters. The molecule has 19 heavy (non-hydrogen) atoms. The van der Waals surface area contributed by atoms with Gasteiger partial charge < -0.3 is 15.5 Å². The molecule has 102 valence electrons. The van der Waals surface area contributed by atoms with Crippen LogP contribution in [-0.2, 0) is 0 Å². The number of hydrogen-bond donors (Lipinski definition) is 1. The highest BCUT2D eigenvalue weighted by atomic mass is 16.2. The van der Waals surface area contributed by atoms with Crippen molar-refractivity contribution in [1.82, 2.24) is 9.80 Å². The van der Waals surface area contributed by atoms with Crippen LogP contribution in [-0.4, -0.2) is 54.3 Å². The molecular formula is C14H19N3O2. The summed E-state index contributed by atoms with van der Waals surface area (Å²) in [5, 5.41) is 0. The van der Waals surface area contributed by atoms with E-state index in [2.05, 4.69) is 11.8 Å². The molecule has 0 radical (unpaired) electrons. The van der Waals surface area contributed by atoms with Gasteiger partial charge in [-0.05, 0) is 24.7 Å². The molecule has 0 spiro atoms. The summed E-state index contributed by atoms with van der Waals surface area (Å²) in [5.74, 6) is -0.538.